The number of fused-ring (bicyclic) bond motifs is 1. The van der Waals surface area contributed by atoms with E-state index in [1.807, 2.05) is 0 Å². The molecule has 0 amide bonds. The first-order valence-corrected chi connectivity index (χ1v) is 8.69. The van der Waals surface area contributed by atoms with Gasteiger partial charge in [-0.25, -0.2) is 13.8 Å². The highest BCUT2D eigenvalue weighted by Crippen LogP contribution is 2.32. The third kappa shape index (κ3) is 3.52. The van der Waals surface area contributed by atoms with Crippen LogP contribution in [0.2, 0.25) is 0 Å². The molecule has 6 nitrogen and oxygen atoms in total. The predicted molar refractivity (Wildman–Crippen MR) is 97.0 cm³/mol. The topological polar surface area (TPSA) is 98.3 Å². The summed E-state index contributed by atoms with van der Waals surface area (Å²) in [6, 6.07) is 4.12. The van der Waals surface area contributed by atoms with Crippen LogP contribution in [0, 0.1) is 12.7 Å². The smallest absolute Gasteiger partial charge is 0.361 e. The zero-order chi connectivity index (χ0) is 20.6. The van der Waals surface area contributed by atoms with Crippen LogP contribution in [0.5, 0.6) is 0 Å². The Bertz CT molecular complexity index is 1160. The van der Waals surface area contributed by atoms with Gasteiger partial charge in [0, 0.05) is 17.4 Å². The molecule has 146 valence electrons. The molecule has 3 aromatic rings. The average molecular weight is 412 g/mol. The molecule has 0 fully saturated rings. The maximum atomic E-state index is 14.3. The zero-order valence-electron chi connectivity index (χ0n) is 14.4. The Hall–Kier alpha value is -3.08. The molecule has 0 unspecified atom stereocenters. The highest BCUT2D eigenvalue weighted by Gasteiger charge is 2.34. The Morgan fingerprint density at radius 2 is 2.14 bits per heavy atom. The zero-order valence-corrected chi connectivity index (χ0v) is 15.2. The summed E-state index contributed by atoms with van der Waals surface area (Å²) in [7, 11) is 0. The monoisotopic (exact) mass is 412 g/mol. The van der Waals surface area contributed by atoms with Crippen molar-refractivity contribution in [2.75, 3.05) is 0 Å². The van der Waals surface area contributed by atoms with E-state index in [4.69, 9.17) is 11.1 Å². The Labute approximate surface area is 159 Å². The molecule has 2 aromatic heterocycles. The number of amidine groups is 1. The largest absolute Gasteiger partial charge is 0.419 e. The van der Waals surface area contributed by atoms with Crippen molar-refractivity contribution in [1.29, 1.82) is 0 Å². The summed E-state index contributed by atoms with van der Waals surface area (Å²) in [6.07, 6.45) is -4.09. The van der Waals surface area contributed by atoms with E-state index in [9.17, 15) is 22.4 Å². The van der Waals surface area contributed by atoms with Crippen molar-refractivity contribution in [3.8, 4) is 0 Å². The number of hydrogen-bond donors (Lipinski definition) is 2. The van der Waals surface area contributed by atoms with Gasteiger partial charge in [0.1, 0.15) is 11.5 Å². The number of alkyl halides is 3. The van der Waals surface area contributed by atoms with Crippen LogP contribution in [-0.2, 0) is 12.6 Å². The van der Waals surface area contributed by atoms with Crippen molar-refractivity contribution < 1.29 is 23.0 Å². The average Bonchev–Trinajstić information content (AvgIpc) is 2.92. The second kappa shape index (κ2) is 7.15. The van der Waals surface area contributed by atoms with E-state index < -0.39 is 23.1 Å². The van der Waals surface area contributed by atoms with E-state index >= 15 is 0 Å². The fourth-order valence-electron chi connectivity index (χ4n) is 2.78. The molecule has 0 aliphatic carbocycles. The first-order valence-electron chi connectivity index (χ1n) is 7.87. The lowest BCUT2D eigenvalue weighted by atomic mass is 10.0. The van der Waals surface area contributed by atoms with Gasteiger partial charge in [-0.05, 0) is 23.5 Å². The molecule has 0 saturated heterocycles. The number of aliphatic imine (C=N–C) groups is 1. The summed E-state index contributed by atoms with van der Waals surface area (Å²) in [5.74, 6) is -1.36. The van der Waals surface area contributed by atoms with Crippen molar-refractivity contribution >= 4 is 28.5 Å². The third-order valence-corrected chi connectivity index (χ3v) is 4.91. The number of nitrogens with zero attached hydrogens (tertiary/aromatic N) is 3. The molecule has 4 N–H and O–H groups in total. The van der Waals surface area contributed by atoms with Gasteiger partial charge in [-0.1, -0.05) is 12.1 Å². The van der Waals surface area contributed by atoms with E-state index in [0.29, 0.717) is 16.6 Å². The van der Waals surface area contributed by atoms with Crippen molar-refractivity contribution in [2.24, 2.45) is 10.7 Å². The highest BCUT2D eigenvalue weighted by atomic mass is 32.1. The number of nitrogens with two attached hydrogens (primary N) is 2. The molecule has 0 bridgehead atoms. The normalized spacial score (nSPS) is 12.5. The first-order chi connectivity index (χ1) is 13.1. The number of rotatable bonds is 4. The van der Waals surface area contributed by atoms with Crippen LogP contribution >= 0.6 is 11.3 Å². The van der Waals surface area contributed by atoms with Gasteiger partial charge in [0.2, 0.25) is 0 Å². The molecule has 0 spiro atoms. The third-order valence-electron chi connectivity index (χ3n) is 3.95. The fraction of sp³-hybridized carbons (Fsp3) is 0.176. The van der Waals surface area contributed by atoms with E-state index in [2.05, 4.69) is 9.98 Å². The molecule has 0 aliphatic rings. The summed E-state index contributed by atoms with van der Waals surface area (Å²) in [4.78, 5) is 21.5. The van der Waals surface area contributed by atoms with Gasteiger partial charge in [-0.2, -0.15) is 13.2 Å². The van der Waals surface area contributed by atoms with Gasteiger partial charge in [-0.15, -0.1) is 11.3 Å². The lowest BCUT2D eigenvalue weighted by Gasteiger charge is -2.11. The van der Waals surface area contributed by atoms with Gasteiger partial charge in [0.25, 0.3) is 17.7 Å². The van der Waals surface area contributed by atoms with Gasteiger partial charge in [0.05, 0.1) is 11.3 Å². The number of aromatic nitrogens is 2. The van der Waals surface area contributed by atoms with Crippen LogP contribution in [0.15, 0.2) is 34.1 Å². The molecule has 11 heteroatoms. The number of aryl methyl sites for hydroxylation is 1. The first kappa shape index (κ1) is 19.7. The summed E-state index contributed by atoms with van der Waals surface area (Å²) in [5, 5.41) is 5.23. The maximum Gasteiger partial charge on any atom is 0.419 e. The Balaban J connectivity index is 2.09. The van der Waals surface area contributed by atoms with Crippen LogP contribution in [0.4, 0.5) is 17.6 Å². The van der Waals surface area contributed by atoms with Crippen LogP contribution in [0.3, 0.4) is 0 Å². The second-order valence-electron chi connectivity index (χ2n) is 5.83. The minimum Gasteiger partial charge on any atom is -0.361 e. The Morgan fingerprint density at radius 3 is 2.79 bits per heavy atom. The molecule has 0 saturated carbocycles. The number of thiazole rings is 1. The van der Waals surface area contributed by atoms with E-state index in [1.54, 1.807) is 6.92 Å². The second-order valence-corrected chi connectivity index (χ2v) is 7.01. The highest BCUT2D eigenvalue weighted by molar-refractivity contribution is 7.17. The molecule has 0 aliphatic heterocycles. The standard InChI is InChI=1S/C17H13F4N5OS/c1-8-14(15(23)24-7-22)26-12(27)6-10(25-16(26)28-8)5-9-3-2-4-11(13(9)18)17(19,20)21/h2-4,6-7H,5H2,1H3,(H3,22,23,24)/p+1. The SMILES string of the molecule is Cc1sc2nc(Cc3cccc(C(F)(F)F)c3F)cc(=O)n2c1C(N)=NC=[NH2+]. The minimum atomic E-state index is -4.81. The van der Waals surface area contributed by atoms with Crippen LogP contribution in [0.1, 0.15) is 27.4 Å². The molecule has 2 heterocycles. The number of halogens is 4. The van der Waals surface area contributed by atoms with Crippen molar-refractivity contribution in [1.82, 2.24) is 9.38 Å². The quantitative estimate of drug-likeness (QED) is 0.384. The van der Waals surface area contributed by atoms with Crippen LogP contribution in [-0.4, -0.2) is 21.6 Å². The molecule has 0 radical (unpaired) electrons. The van der Waals surface area contributed by atoms with Gasteiger partial charge in [0.15, 0.2) is 4.96 Å². The lowest BCUT2D eigenvalue weighted by Crippen LogP contribution is -2.31. The lowest BCUT2D eigenvalue weighted by molar-refractivity contribution is -0.140. The Morgan fingerprint density at radius 1 is 1.43 bits per heavy atom. The number of hydrogen-bond acceptors (Lipinski definition) is 3. The minimum absolute atomic E-state index is 0.0202. The molecule has 28 heavy (non-hydrogen) atoms. The summed E-state index contributed by atoms with van der Waals surface area (Å²) < 4.78 is 54.1. The van der Waals surface area contributed by atoms with Crippen molar-refractivity contribution in [3.63, 3.8) is 0 Å². The predicted octanol–water partition coefficient (Wildman–Crippen LogP) is 1.31. The fourth-order valence-corrected chi connectivity index (χ4v) is 3.78. The molecular weight excluding hydrogens is 398 g/mol. The molecule has 3 rings (SSSR count). The molecule has 0 atom stereocenters. The van der Waals surface area contributed by atoms with Gasteiger partial charge in [-0.3, -0.25) is 10.2 Å². The number of benzene rings is 1. The van der Waals surface area contributed by atoms with E-state index in [-0.39, 0.29) is 28.5 Å². The van der Waals surface area contributed by atoms with Crippen molar-refractivity contribution in [3.05, 3.63) is 67.8 Å². The molecular formula is C17H14F4N5OS+. The summed E-state index contributed by atoms with van der Waals surface area (Å²) in [5.41, 5.74) is 4.21. The summed E-state index contributed by atoms with van der Waals surface area (Å²) >= 11 is 1.15. The van der Waals surface area contributed by atoms with Gasteiger partial charge >= 0.3 is 6.18 Å². The molecule has 1 aromatic carbocycles. The van der Waals surface area contributed by atoms with E-state index in [0.717, 1.165) is 29.8 Å². The summed E-state index contributed by atoms with van der Waals surface area (Å²) in [6.45, 7) is 1.71. The maximum absolute atomic E-state index is 14.3. The van der Waals surface area contributed by atoms with Crippen molar-refractivity contribution in [2.45, 2.75) is 19.5 Å². The van der Waals surface area contributed by atoms with Crippen LogP contribution in [0.25, 0.3) is 4.96 Å². The Kier molecular flexibility index (Phi) is 5.02. The van der Waals surface area contributed by atoms with Crippen LogP contribution < -0.4 is 16.7 Å². The van der Waals surface area contributed by atoms with E-state index in [1.165, 1.54) is 10.5 Å². The van der Waals surface area contributed by atoms with Gasteiger partial charge < -0.3 is 5.73 Å².